The third-order valence-corrected chi connectivity index (χ3v) is 3.71. The first kappa shape index (κ1) is 15.3. The van der Waals surface area contributed by atoms with E-state index >= 15 is 0 Å². The molecule has 1 aromatic carbocycles. The van der Waals surface area contributed by atoms with Crippen molar-refractivity contribution in [1.82, 2.24) is 4.98 Å². The normalized spacial score (nSPS) is 10.4. The lowest BCUT2D eigenvalue weighted by molar-refractivity contribution is -0.304. The first-order chi connectivity index (χ1) is 10.0. The van der Waals surface area contributed by atoms with Crippen LogP contribution >= 0.6 is 11.3 Å². The van der Waals surface area contributed by atoms with Gasteiger partial charge in [0.25, 0.3) is 0 Å². The summed E-state index contributed by atoms with van der Waals surface area (Å²) in [6.45, 7) is 5.15. The maximum absolute atomic E-state index is 10.5. The molecule has 2 aromatic rings. The smallest absolute Gasteiger partial charge is 0.182 e. The number of aliphatic carboxylic acids is 1. The molecule has 0 unspecified atom stereocenters. The SMILES string of the molecule is Cc1ccc(C)c(OCCNc2nc(CC(=O)[O-])cs2)c1. The Bertz CT molecular complexity index is 625. The number of nitrogens with zero attached hydrogens (tertiary/aromatic N) is 1. The Labute approximate surface area is 127 Å². The topological polar surface area (TPSA) is 74.3 Å². The maximum Gasteiger partial charge on any atom is 0.182 e. The molecule has 0 amide bonds. The Morgan fingerprint density at radius 1 is 1.43 bits per heavy atom. The van der Waals surface area contributed by atoms with Crippen LogP contribution in [0.4, 0.5) is 5.13 Å². The highest BCUT2D eigenvalue weighted by Crippen LogP contribution is 2.19. The molecule has 0 radical (unpaired) electrons. The van der Waals surface area contributed by atoms with Gasteiger partial charge < -0.3 is 20.0 Å². The Kier molecular flexibility index (Phi) is 5.16. The number of aromatic nitrogens is 1. The quantitative estimate of drug-likeness (QED) is 0.786. The molecule has 0 fully saturated rings. The van der Waals surface area contributed by atoms with Gasteiger partial charge in [-0.25, -0.2) is 4.98 Å². The molecule has 0 saturated carbocycles. The van der Waals surface area contributed by atoms with E-state index in [1.807, 2.05) is 26.0 Å². The van der Waals surface area contributed by atoms with Crippen LogP contribution in [0.3, 0.4) is 0 Å². The molecule has 0 bridgehead atoms. The number of anilines is 1. The fourth-order valence-corrected chi connectivity index (χ4v) is 2.54. The zero-order valence-corrected chi connectivity index (χ0v) is 12.8. The van der Waals surface area contributed by atoms with E-state index in [1.165, 1.54) is 11.3 Å². The molecule has 0 aliphatic heterocycles. The highest BCUT2D eigenvalue weighted by atomic mass is 32.1. The van der Waals surface area contributed by atoms with Crippen molar-refractivity contribution in [2.45, 2.75) is 20.3 Å². The molecule has 21 heavy (non-hydrogen) atoms. The van der Waals surface area contributed by atoms with Crippen molar-refractivity contribution < 1.29 is 14.6 Å². The van der Waals surface area contributed by atoms with Gasteiger partial charge in [-0.1, -0.05) is 12.1 Å². The number of benzene rings is 1. The summed E-state index contributed by atoms with van der Waals surface area (Å²) in [6, 6.07) is 6.09. The molecule has 0 atom stereocenters. The molecule has 0 aliphatic rings. The van der Waals surface area contributed by atoms with Gasteiger partial charge in [0.15, 0.2) is 5.13 Å². The Hall–Kier alpha value is -2.08. The molecular formula is C15H17N2O3S-. The van der Waals surface area contributed by atoms with Gasteiger partial charge in [-0.15, -0.1) is 11.3 Å². The van der Waals surface area contributed by atoms with Crippen molar-refractivity contribution >= 4 is 22.4 Å². The van der Waals surface area contributed by atoms with E-state index in [9.17, 15) is 9.90 Å². The number of carboxylic acids is 1. The zero-order chi connectivity index (χ0) is 15.2. The minimum Gasteiger partial charge on any atom is -0.550 e. The van der Waals surface area contributed by atoms with E-state index in [-0.39, 0.29) is 6.42 Å². The molecule has 2 rings (SSSR count). The highest BCUT2D eigenvalue weighted by Gasteiger charge is 2.03. The van der Waals surface area contributed by atoms with Crippen LogP contribution in [-0.4, -0.2) is 24.1 Å². The molecule has 1 aromatic heterocycles. The van der Waals surface area contributed by atoms with Crippen LogP contribution in [0.2, 0.25) is 0 Å². The van der Waals surface area contributed by atoms with Crippen LogP contribution in [0.25, 0.3) is 0 Å². The summed E-state index contributed by atoms with van der Waals surface area (Å²) < 4.78 is 5.72. The second-order valence-corrected chi connectivity index (χ2v) is 5.60. The molecular weight excluding hydrogens is 288 g/mol. The van der Waals surface area contributed by atoms with E-state index in [1.54, 1.807) is 5.38 Å². The molecule has 0 saturated heterocycles. The van der Waals surface area contributed by atoms with E-state index in [0.29, 0.717) is 24.0 Å². The number of rotatable bonds is 7. The Morgan fingerprint density at radius 3 is 3.00 bits per heavy atom. The molecule has 0 aliphatic carbocycles. The third-order valence-electron chi connectivity index (χ3n) is 2.86. The van der Waals surface area contributed by atoms with Crippen LogP contribution in [0.5, 0.6) is 5.75 Å². The minimum absolute atomic E-state index is 0.156. The number of carbonyl (C=O) groups is 1. The summed E-state index contributed by atoms with van der Waals surface area (Å²) in [5, 5.41) is 16.0. The van der Waals surface area contributed by atoms with Crippen LogP contribution in [0.15, 0.2) is 23.6 Å². The van der Waals surface area contributed by atoms with E-state index in [4.69, 9.17) is 4.74 Å². The average molecular weight is 305 g/mol. The standard InChI is InChI=1S/C15H18N2O3S/c1-10-3-4-11(2)13(7-10)20-6-5-16-15-17-12(9-21-15)8-14(18)19/h3-4,7,9H,5-6,8H2,1-2H3,(H,16,17)(H,18,19)/p-1. The molecule has 5 nitrogen and oxygen atoms in total. The Morgan fingerprint density at radius 2 is 2.24 bits per heavy atom. The lowest BCUT2D eigenvalue weighted by Gasteiger charge is -2.10. The van der Waals surface area contributed by atoms with Gasteiger partial charge in [0.05, 0.1) is 12.2 Å². The van der Waals surface area contributed by atoms with Gasteiger partial charge >= 0.3 is 0 Å². The third kappa shape index (κ3) is 4.75. The summed E-state index contributed by atoms with van der Waals surface area (Å²) >= 11 is 1.37. The van der Waals surface area contributed by atoms with Crippen molar-refractivity contribution in [1.29, 1.82) is 0 Å². The Balaban J connectivity index is 1.78. The van der Waals surface area contributed by atoms with E-state index < -0.39 is 5.97 Å². The van der Waals surface area contributed by atoms with Gasteiger partial charge in [-0.05, 0) is 31.0 Å². The second kappa shape index (κ2) is 7.08. The largest absolute Gasteiger partial charge is 0.550 e. The van der Waals surface area contributed by atoms with Gasteiger partial charge in [-0.3, -0.25) is 0 Å². The van der Waals surface area contributed by atoms with Gasteiger partial charge in [-0.2, -0.15) is 0 Å². The predicted molar refractivity (Wildman–Crippen MR) is 80.7 cm³/mol. The van der Waals surface area contributed by atoms with Crippen molar-refractivity contribution in [2.75, 3.05) is 18.5 Å². The summed E-state index contributed by atoms with van der Waals surface area (Å²) in [5.74, 6) is -0.237. The van der Waals surface area contributed by atoms with Crippen LogP contribution in [0.1, 0.15) is 16.8 Å². The number of aryl methyl sites for hydroxylation is 2. The van der Waals surface area contributed by atoms with Crippen molar-refractivity contribution in [2.24, 2.45) is 0 Å². The van der Waals surface area contributed by atoms with Crippen molar-refractivity contribution in [3.63, 3.8) is 0 Å². The van der Waals surface area contributed by atoms with Gasteiger partial charge in [0.2, 0.25) is 0 Å². The van der Waals surface area contributed by atoms with Crippen LogP contribution < -0.4 is 15.2 Å². The summed E-state index contributed by atoms with van der Waals surface area (Å²) in [5.41, 5.74) is 2.78. The fourth-order valence-electron chi connectivity index (χ4n) is 1.80. The van der Waals surface area contributed by atoms with E-state index in [2.05, 4.69) is 16.4 Å². The molecule has 112 valence electrons. The highest BCUT2D eigenvalue weighted by molar-refractivity contribution is 7.13. The minimum atomic E-state index is -1.12. The van der Waals surface area contributed by atoms with Crippen LogP contribution in [-0.2, 0) is 11.2 Å². The number of hydrogen-bond acceptors (Lipinski definition) is 6. The predicted octanol–water partition coefficient (Wildman–Crippen LogP) is 1.54. The number of hydrogen-bond donors (Lipinski definition) is 1. The lowest BCUT2D eigenvalue weighted by Crippen LogP contribution is -2.24. The zero-order valence-electron chi connectivity index (χ0n) is 12.0. The average Bonchev–Trinajstić information content (AvgIpc) is 2.85. The number of nitrogens with one attached hydrogen (secondary N) is 1. The maximum atomic E-state index is 10.5. The van der Waals surface area contributed by atoms with Gasteiger partial charge in [0, 0.05) is 17.8 Å². The lowest BCUT2D eigenvalue weighted by atomic mass is 10.1. The molecule has 6 heteroatoms. The number of carbonyl (C=O) groups excluding carboxylic acids is 1. The van der Waals surface area contributed by atoms with E-state index in [0.717, 1.165) is 16.9 Å². The first-order valence-corrected chi connectivity index (χ1v) is 7.51. The second-order valence-electron chi connectivity index (χ2n) is 4.74. The summed E-state index contributed by atoms with van der Waals surface area (Å²) in [7, 11) is 0. The molecule has 0 spiro atoms. The fraction of sp³-hybridized carbons (Fsp3) is 0.333. The van der Waals surface area contributed by atoms with Crippen molar-refractivity contribution in [3.05, 3.63) is 40.4 Å². The molecule has 1 N–H and O–H groups in total. The number of ether oxygens (including phenoxy) is 1. The van der Waals surface area contributed by atoms with Crippen molar-refractivity contribution in [3.8, 4) is 5.75 Å². The summed E-state index contributed by atoms with van der Waals surface area (Å²) in [6.07, 6.45) is -0.156. The number of carboxylic acid groups (broad SMARTS) is 1. The van der Waals surface area contributed by atoms with Gasteiger partial charge in [0.1, 0.15) is 12.4 Å². The first-order valence-electron chi connectivity index (χ1n) is 6.63. The van der Waals surface area contributed by atoms with Crippen LogP contribution in [0, 0.1) is 13.8 Å². The molecule has 1 heterocycles. The monoisotopic (exact) mass is 305 g/mol. The number of thiazole rings is 1. The summed E-state index contributed by atoms with van der Waals surface area (Å²) in [4.78, 5) is 14.6.